The maximum atomic E-state index is 12.5. The predicted molar refractivity (Wildman–Crippen MR) is 164 cm³/mol. The number of anilines is 2. The van der Waals surface area contributed by atoms with Crippen LogP contribution in [-0.2, 0) is 25.5 Å². The minimum atomic E-state index is -2.85. The Morgan fingerprint density at radius 3 is 2.53 bits per heavy atom. The van der Waals surface area contributed by atoms with E-state index in [1.165, 1.54) is 23.0 Å². The van der Waals surface area contributed by atoms with Gasteiger partial charge in [-0.15, -0.1) is 6.42 Å². The average Bonchev–Trinajstić information content (AvgIpc) is 3.58. The maximum Gasteiger partial charge on any atom is 0.348 e. The Balaban J connectivity index is 1.37. The second kappa shape index (κ2) is 13.5. The van der Waals surface area contributed by atoms with Crippen molar-refractivity contribution in [3.63, 3.8) is 0 Å². The lowest BCUT2D eigenvalue weighted by Gasteiger charge is -2.41. The van der Waals surface area contributed by atoms with Gasteiger partial charge in [0.2, 0.25) is 5.28 Å². The van der Waals surface area contributed by atoms with Crippen LogP contribution in [0.25, 0.3) is 11.2 Å². The molecule has 2 aliphatic heterocycles. The van der Waals surface area contributed by atoms with Gasteiger partial charge in [0.05, 0.1) is 19.5 Å². The van der Waals surface area contributed by atoms with Crippen LogP contribution < -0.4 is 10.2 Å². The molecule has 2 aliphatic rings. The molecule has 7 N–H and O–H groups in total. The summed E-state index contributed by atoms with van der Waals surface area (Å²) in [5.41, 5.74) is -4.05. The van der Waals surface area contributed by atoms with E-state index in [1.54, 1.807) is 29.0 Å². The van der Waals surface area contributed by atoms with E-state index in [9.17, 15) is 40.2 Å². The zero-order chi connectivity index (χ0) is 34.1. The Morgan fingerprint density at radius 2 is 1.91 bits per heavy atom. The van der Waals surface area contributed by atoms with Crippen molar-refractivity contribution in [1.29, 1.82) is 0 Å². The van der Waals surface area contributed by atoms with Crippen molar-refractivity contribution < 1.29 is 49.7 Å². The predicted octanol–water partition coefficient (Wildman–Crippen LogP) is -0.908. The number of rotatable bonds is 12. The largest absolute Gasteiger partial charge is 0.479 e. The number of imidazole rings is 1. The van der Waals surface area contributed by atoms with E-state index < -0.39 is 61.0 Å². The smallest absolute Gasteiger partial charge is 0.348 e. The molecule has 5 rings (SSSR count). The van der Waals surface area contributed by atoms with E-state index in [4.69, 9.17) is 27.5 Å². The third-order valence-electron chi connectivity index (χ3n) is 8.38. The molecular formula is C29H34ClN7O10. The number of aliphatic carboxylic acids is 2. The van der Waals surface area contributed by atoms with E-state index >= 15 is 0 Å². The highest BCUT2D eigenvalue weighted by atomic mass is 35.5. The summed E-state index contributed by atoms with van der Waals surface area (Å²) in [4.78, 5) is 40.8. The second-order valence-electron chi connectivity index (χ2n) is 11.1. The van der Waals surface area contributed by atoms with E-state index in [0.717, 1.165) is 6.42 Å². The summed E-state index contributed by atoms with van der Waals surface area (Å²) in [5, 5.41) is 65.3. The van der Waals surface area contributed by atoms with Gasteiger partial charge in [0.25, 0.3) is 5.60 Å². The zero-order valence-corrected chi connectivity index (χ0v) is 25.9. The summed E-state index contributed by atoms with van der Waals surface area (Å²) in [6.45, 7) is 0.433. The number of benzene rings is 1. The van der Waals surface area contributed by atoms with Crippen LogP contribution >= 0.6 is 11.6 Å². The zero-order valence-electron chi connectivity index (χ0n) is 25.1. The number of aromatic nitrogens is 4. The number of terminal acetylenes is 1. The molecule has 5 atom stereocenters. The van der Waals surface area contributed by atoms with E-state index in [0.29, 0.717) is 18.8 Å². The van der Waals surface area contributed by atoms with Gasteiger partial charge < -0.3 is 50.3 Å². The first kappa shape index (κ1) is 34.2. The normalized spacial score (nSPS) is 25.2. The molecule has 2 saturated heterocycles. The number of hydrogen-bond donors (Lipinski definition) is 7. The summed E-state index contributed by atoms with van der Waals surface area (Å²) >= 11 is 6.04. The highest BCUT2D eigenvalue weighted by Gasteiger charge is 2.58. The summed E-state index contributed by atoms with van der Waals surface area (Å²) in [7, 11) is 1.58. The molecule has 18 heteroatoms. The molecular weight excluding hydrogens is 642 g/mol. The number of hydrogen-bond acceptors (Lipinski definition) is 14. The van der Waals surface area contributed by atoms with Crippen LogP contribution in [0.15, 0.2) is 30.6 Å². The molecule has 0 saturated carbocycles. The Bertz CT molecular complexity index is 1650. The first-order chi connectivity index (χ1) is 22.4. The van der Waals surface area contributed by atoms with Crippen LogP contribution in [0.4, 0.5) is 11.5 Å². The minimum absolute atomic E-state index is 0.117. The van der Waals surface area contributed by atoms with Crippen LogP contribution in [0.5, 0.6) is 0 Å². The van der Waals surface area contributed by atoms with Crippen LogP contribution in [-0.4, -0.2) is 137 Å². The average molecular weight is 676 g/mol. The van der Waals surface area contributed by atoms with E-state index in [1.807, 2.05) is 0 Å². The van der Waals surface area contributed by atoms with Gasteiger partial charge in [-0.2, -0.15) is 9.97 Å². The third kappa shape index (κ3) is 6.17. The molecule has 2 aromatic heterocycles. The number of ether oxygens (including phenoxy) is 2. The number of carbonyl (C=O) groups is 2. The number of carboxylic acid groups (broad SMARTS) is 2. The quantitative estimate of drug-likeness (QED) is 0.0699. The van der Waals surface area contributed by atoms with Crippen molar-refractivity contribution in [3.8, 4) is 12.3 Å². The Hall–Kier alpha value is -4.12. The molecule has 17 nitrogen and oxygen atoms in total. The van der Waals surface area contributed by atoms with Gasteiger partial charge in [-0.3, -0.25) is 9.47 Å². The van der Waals surface area contributed by atoms with Gasteiger partial charge in [0.1, 0.15) is 12.2 Å². The van der Waals surface area contributed by atoms with Crippen molar-refractivity contribution >= 4 is 46.2 Å². The molecule has 1 aromatic carbocycles. The number of carboxylic acids is 2. The van der Waals surface area contributed by atoms with Gasteiger partial charge in [0, 0.05) is 38.8 Å². The lowest BCUT2D eigenvalue weighted by atomic mass is 9.91. The van der Waals surface area contributed by atoms with E-state index in [2.05, 4.69) is 26.2 Å². The molecule has 0 amide bonds. The van der Waals surface area contributed by atoms with E-state index in [-0.39, 0.29) is 41.0 Å². The molecule has 4 heterocycles. The molecule has 0 radical (unpaired) electrons. The van der Waals surface area contributed by atoms with Crippen LogP contribution in [0, 0.1) is 12.3 Å². The highest BCUT2D eigenvalue weighted by Crippen LogP contribution is 2.39. The monoisotopic (exact) mass is 675 g/mol. The summed E-state index contributed by atoms with van der Waals surface area (Å²) < 4.78 is 12.7. The lowest BCUT2D eigenvalue weighted by molar-refractivity contribution is -0.191. The molecule has 252 valence electrons. The van der Waals surface area contributed by atoms with Crippen molar-refractivity contribution in [3.05, 3.63) is 41.4 Å². The van der Waals surface area contributed by atoms with Crippen molar-refractivity contribution in [1.82, 2.24) is 24.4 Å². The molecule has 0 spiro atoms. The van der Waals surface area contributed by atoms with Crippen LogP contribution in [0.3, 0.4) is 0 Å². The standard InChI is InChI=1S/C29H34ClN7O10/c1-3-28(45)18(47-23(20(28)39)37-15-32-19-21(31-2)33-26(30)34-22(19)37)14-46-29(24(40)41,25(42)43)13-16-5-7-17(8-6-16)36-10-4-9-35(11-12-38)27(36)44/h1,5-8,15,18,20,23,27,38-39,44-45H,4,9-14H2,2H3,(H,40,41)(H,42,43)(H,31,33,34)/t18-,20+,23-,27?,28-/m1/s1. The molecule has 2 fully saturated rings. The van der Waals surface area contributed by atoms with Gasteiger partial charge in [-0.25, -0.2) is 14.6 Å². The number of aliphatic hydroxyl groups is 4. The van der Waals surface area contributed by atoms with Crippen molar-refractivity contribution in [2.75, 3.05) is 50.1 Å². The Labute approximate surface area is 272 Å². The summed E-state index contributed by atoms with van der Waals surface area (Å²) in [6.07, 6.45) is 1.10. The number of fused-ring (bicyclic) bond motifs is 1. The highest BCUT2D eigenvalue weighted by molar-refractivity contribution is 6.28. The van der Waals surface area contributed by atoms with Crippen LogP contribution in [0.1, 0.15) is 18.2 Å². The fourth-order valence-electron chi connectivity index (χ4n) is 5.79. The second-order valence-corrected chi connectivity index (χ2v) is 11.4. The topological polar surface area (TPSA) is 236 Å². The van der Waals surface area contributed by atoms with Gasteiger partial charge in [-0.05, 0) is 35.7 Å². The number of β-amino-alcohol motifs (C(OH)–C–C–N with tert-alkyl or cyclic N) is 1. The minimum Gasteiger partial charge on any atom is -0.479 e. The summed E-state index contributed by atoms with van der Waals surface area (Å²) in [6, 6.07) is 6.24. The van der Waals surface area contributed by atoms with Crippen molar-refractivity contribution in [2.45, 2.75) is 48.8 Å². The number of halogens is 1. The molecule has 0 bridgehead atoms. The third-order valence-corrected chi connectivity index (χ3v) is 8.55. The maximum absolute atomic E-state index is 12.5. The number of nitrogens with one attached hydrogen (secondary N) is 1. The lowest BCUT2D eigenvalue weighted by Crippen LogP contribution is -2.55. The Kier molecular flexibility index (Phi) is 9.86. The van der Waals surface area contributed by atoms with Crippen LogP contribution in [0.2, 0.25) is 5.28 Å². The van der Waals surface area contributed by atoms with Crippen molar-refractivity contribution in [2.24, 2.45) is 0 Å². The number of aliphatic hydroxyl groups excluding tert-OH is 3. The first-order valence-electron chi connectivity index (χ1n) is 14.5. The number of nitrogens with zero attached hydrogens (tertiary/aromatic N) is 6. The molecule has 3 aromatic rings. The SMILES string of the molecule is C#C[C@@]1(O)[C@@H](COC(Cc2ccc(N3CCCN(CCO)C3O)cc2)(C(=O)O)C(=O)O)O[C@@H](n2cnc3c(NC)nc(Cl)nc32)[C@@H]1O. The fraction of sp³-hybridized carbons (Fsp3) is 0.483. The molecule has 0 aliphatic carbocycles. The fourth-order valence-corrected chi connectivity index (χ4v) is 5.95. The molecule has 47 heavy (non-hydrogen) atoms. The first-order valence-corrected chi connectivity index (χ1v) is 14.9. The van der Waals surface area contributed by atoms with Gasteiger partial charge in [-0.1, -0.05) is 18.1 Å². The van der Waals surface area contributed by atoms with Gasteiger partial charge in [0.15, 0.2) is 35.2 Å². The van der Waals surface area contributed by atoms with Gasteiger partial charge >= 0.3 is 11.9 Å². The summed E-state index contributed by atoms with van der Waals surface area (Å²) in [5.74, 6) is -1.31. The Morgan fingerprint density at radius 1 is 1.21 bits per heavy atom. The molecule has 1 unspecified atom stereocenters.